The van der Waals surface area contributed by atoms with Gasteiger partial charge in [-0.1, -0.05) is 0 Å². The second kappa shape index (κ2) is 6.39. The van der Waals surface area contributed by atoms with Crippen molar-refractivity contribution < 1.29 is 28.2 Å². The molecule has 0 bridgehead atoms. The maximum Gasteiger partial charge on any atom is 0.410 e. The Kier molecular flexibility index (Phi) is 4.72. The van der Waals surface area contributed by atoms with Gasteiger partial charge in [0.05, 0.1) is 20.2 Å². The van der Waals surface area contributed by atoms with Crippen LogP contribution in [-0.4, -0.2) is 53.9 Å². The minimum absolute atomic E-state index is 0.0773. The Morgan fingerprint density at radius 2 is 1.96 bits per heavy atom. The number of amides is 1. The van der Waals surface area contributed by atoms with Crippen LogP contribution in [0.15, 0.2) is 12.1 Å². The Morgan fingerprint density at radius 1 is 1.30 bits per heavy atom. The third-order valence-corrected chi connectivity index (χ3v) is 3.00. The molecule has 23 heavy (non-hydrogen) atoms. The summed E-state index contributed by atoms with van der Waals surface area (Å²) in [6, 6.07) is 2.62. The van der Waals surface area contributed by atoms with Crippen molar-refractivity contribution in [1.29, 1.82) is 0 Å². The van der Waals surface area contributed by atoms with Gasteiger partial charge in [-0.05, 0) is 32.9 Å². The predicted molar refractivity (Wildman–Crippen MR) is 77.8 cm³/mol. The molecule has 8 heteroatoms. The molecule has 1 fully saturated rings. The van der Waals surface area contributed by atoms with Crippen molar-refractivity contribution in [3.05, 3.63) is 23.8 Å². The van der Waals surface area contributed by atoms with Gasteiger partial charge in [-0.25, -0.2) is 14.6 Å². The van der Waals surface area contributed by atoms with Crippen LogP contribution in [0.2, 0.25) is 0 Å². The third-order valence-electron chi connectivity index (χ3n) is 3.00. The van der Waals surface area contributed by atoms with Crippen LogP contribution in [0.4, 0.5) is 9.18 Å². The number of hydrogen-bond donors (Lipinski definition) is 0. The molecular formula is C15H19FN2O5. The smallest absolute Gasteiger partial charge is 0.410 e. The molecule has 0 N–H and O–H groups in total. The number of pyridine rings is 1. The minimum Gasteiger partial charge on any atom is -0.482 e. The standard InChI is InChI=1S/C15H19FN2O5/c1-15(2,3)23-14(20)18-7-9(8-18)22-11-6-5-10(13(19)21-4)17-12(11)16/h5-6,9H,7-8H2,1-4H3. The molecule has 2 heterocycles. The average molecular weight is 326 g/mol. The fourth-order valence-electron chi connectivity index (χ4n) is 1.90. The van der Waals surface area contributed by atoms with Crippen LogP contribution >= 0.6 is 0 Å². The van der Waals surface area contributed by atoms with E-state index >= 15 is 0 Å². The Balaban J connectivity index is 1.88. The summed E-state index contributed by atoms with van der Waals surface area (Å²) in [4.78, 5) is 28.0. The van der Waals surface area contributed by atoms with E-state index in [0.29, 0.717) is 13.1 Å². The predicted octanol–water partition coefficient (Wildman–Crippen LogP) is 2.01. The highest BCUT2D eigenvalue weighted by Gasteiger charge is 2.35. The number of ether oxygens (including phenoxy) is 3. The van der Waals surface area contributed by atoms with E-state index in [4.69, 9.17) is 9.47 Å². The van der Waals surface area contributed by atoms with Crippen molar-refractivity contribution in [2.75, 3.05) is 20.2 Å². The third kappa shape index (κ3) is 4.30. The number of nitrogens with zero attached hydrogens (tertiary/aromatic N) is 2. The Hall–Kier alpha value is -2.38. The van der Waals surface area contributed by atoms with Gasteiger partial charge >= 0.3 is 12.1 Å². The summed E-state index contributed by atoms with van der Waals surface area (Å²) >= 11 is 0. The molecule has 0 radical (unpaired) electrons. The zero-order valence-electron chi connectivity index (χ0n) is 13.5. The Bertz CT molecular complexity index is 608. The fourth-order valence-corrected chi connectivity index (χ4v) is 1.90. The van der Waals surface area contributed by atoms with Crippen LogP contribution in [-0.2, 0) is 9.47 Å². The van der Waals surface area contributed by atoms with E-state index in [9.17, 15) is 14.0 Å². The van der Waals surface area contributed by atoms with Crippen molar-refractivity contribution in [1.82, 2.24) is 9.88 Å². The van der Waals surface area contributed by atoms with Gasteiger partial charge in [0.25, 0.3) is 5.95 Å². The number of halogens is 1. The van der Waals surface area contributed by atoms with Crippen LogP contribution in [0.1, 0.15) is 31.3 Å². The highest BCUT2D eigenvalue weighted by Crippen LogP contribution is 2.22. The van der Waals surface area contributed by atoms with Gasteiger partial charge in [0, 0.05) is 0 Å². The molecule has 1 aliphatic rings. The van der Waals surface area contributed by atoms with Gasteiger partial charge in [0.1, 0.15) is 11.7 Å². The van der Waals surface area contributed by atoms with Crippen LogP contribution in [0.25, 0.3) is 0 Å². The molecule has 0 saturated carbocycles. The molecule has 1 amide bonds. The number of esters is 1. The molecule has 2 rings (SSSR count). The van der Waals surface area contributed by atoms with Crippen molar-refractivity contribution >= 4 is 12.1 Å². The number of hydrogen-bond acceptors (Lipinski definition) is 6. The molecule has 0 spiro atoms. The topological polar surface area (TPSA) is 78.0 Å². The maximum absolute atomic E-state index is 13.8. The highest BCUT2D eigenvalue weighted by atomic mass is 19.1. The fraction of sp³-hybridized carbons (Fsp3) is 0.533. The van der Waals surface area contributed by atoms with Crippen LogP contribution in [0.5, 0.6) is 5.75 Å². The van der Waals surface area contributed by atoms with Gasteiger partial charge < -0.3 is 19.1 Å². The van der Waals surface area contributed by atoms with E-state index in [1.54, 1.807) is 20.8 Å². The summed E-state index contributed by atoms with van der Waals surface area (Å²) in [6.45, 7) is 5.94. The lowest BCUT2D eigenvalue weighted by atomic mass is 10.1. The summed E-state index contributed by atoms with van der Waals surface area (Å²) < 4.78 is 28.9. The Morgan fingerprint density at radius 3 is 2.48 bits per heavy atom. The SMILES string of the molecule is COC(=O)c1ccc(OC2CN(C(=O)OC(C)(C)C)C2)c(F)n1. The molecular weight excluding hydrogens is 307 g/mol. The zero-order valence-corrected chi connectivity index (χ0v) is 13.5. The molecule has 1 saturated heterocycles. The van der Waals surface area contributed by atoms with E-state index in [1.165, 1.54) is 24.1 Å². The number of methoxy groups -OCH3 is 1. The monoisotopic (exact) mass is 326 g/mol. The van der Waals surface area contributed by atoms with Crippen molar-refractivity contribution in [2.24, 2.45) is 0 Å². The first-order chi connectivity index (χ1) is 10.7. The summed E-state index contributed by atoms with van der Waals surface area (Å²) in [5, 5.41) is 0. The largest absolute Gasteiger partial charge is 0.482 e. The van der Waals surface area contributed by atoms with Crippen molar-refractivity contribution in [3.63, 3.8) is 0 Å². The lowest BCUT2D eigenvalue weighted by molar-refractivity contribution is -0.0231. The number of aromatic nitrogens is 1. The first-order valence-corrected chi connectivity index (χ1v) is 7.09. The number of carbonyl (C=O) groups excluding carboxylic acids is 2. The average Bonchev–Trinajstić information content (AvgIpc) is 2.40. The lowest BCUT2D eigenvalue weighted by Crippen LogP contribution is -2.57. The summed E-state index contributed by atoms with van der Waals surface area (Å²) in [5.41, 5.74) is -0.704. The molecule has 1 aromatic rings. The number of likely N-dealkylation sites (tertiary alicyclic amines) is 1. The number of carbonyl (C=O) groups is 2. The van der Waals surface area contributed by atoms with Gasteiger partial charge in [0.2, 0.25) is 0 Å². The van der Waals surface area contributed by atoms with Gasteiger partial charge in [-0.3, -0.25) is 0 Å². The maximum atomic E-state index is 13.8. The molecule has 1 aromatic heterocycles. The normalized spacial score (nSPS) is 14.9. The van der Waals surface area contributed by atoms with Gasteiger partial charge in [-0.15, -0.1) is 0 Å². The van der Waals surface area contributed by atoms with Crippen molar-refractivity contribution in [3.8, 4) is 5.75 Å². The van der Waals surface area contributed by atoms with E-state index in [-0.39, 0.29) is 17.5 Å². The second-order valence-corrected chi connectivity index (χ2v) is 6.10. The Labute approximate surface area is 133 Å². The van der Waals surface area contributed by atoms with Gasteiger partial charge in [0.15, 0.2) is 11.4 Å². The molecule has 0 unspecified atom stereocenters. The van der Waals surface area contributed by atoms with E-state index in [0.717, 1.165) is 0 Å². The quantitative estimate of drug-likeness (QED) is 0.624. The summed E-state index contributed by atoms with van der Waals surface area (Å²) in [5.74, 6) is -1.70. The number of rotatable bonds is 3. The first kappa shape index (κ1) is 17.0. The molecule has 0 aliphatic carbocycles. The molecule has 7 nitrogen and oxygen atoms in total. The minimum atomic E-state index is -0.899. The zero-order chi connectivity index (χ0) is 17.2. The molecule has 126 valence electrons. The van der Waals surface area contributed by atoms with Gasteiger partial charge in [-0.2, -0.15) is 4.39 Å². The summed E-state index contributed by atoms with van der Waals surface area (Å²) in [7, 11) is 1.19. The highest BCUT2D eigenvalue weighted by molar-refractivity contribution is 5.87. The first-order valence-electron chi connectivity index (χ1n) is 7.09. The molecule has 0 aromatic carbocycles. The van der Waals surface area contributed by atoms with Crippen molar-refractivity contribution in [2.45, 2.75) is 32.5 Å². The van der Waals surface area contributed by atoms with Crippen LogP contribution in [0, 0.1) is 5.95 Å². The molecule has 0 atom stereocenters. The molecule has 1 aliphatic heterocycles. The lowest BCUT2D eigenvalue weighted by Gasteiger charge is -2.39. The second-order valence-electron chi connectivity index (χ2n) is 6.10. The van der Waals surface area contributed by atoms with E-state index in [2.05, 4.69) is 9.72 Å². The summed E-state index contributed by atoms with van der Waals surface area (Å²) in [6.07, 6.45) is -0.778. The van der Waals surface area contributed by atoms with E-state index in [1.807, 2.05) is 0 Å². The van der Waals surface area contributed by atoms with E-state index < -0.39 is 23.6 Å². The van der Waals surface area contributed by atoms with Crippen LogP contribution < -0.4 is 4.74 Å². The van der Waals surface area contributed by atoms with Crippen LogP contribution in [0.3, 0.4) is 0 Å².